The molecule has 6 heteroatoms. The zero-order valence-corrected chi connectivity index (χ0v) is 12.5. The van der Waals surface area contributed by atoms with Crippen LogP contribution in [0, 0.1) is 5.92 Å². The van der Waals surface area contributed by atoms with Crippen LogP contribution in [-0.4, -0.2) is 48.9 Å². The molecule has 0 spiro atoms. The molecule has 0 aromatic carbocycles. The maximum absolute atomic E-state index is 11.8. The first-order chi connectivity index (χ1) is 9.39. The van der Waals surface area contributed by atoms with Crippen molar-refractivity contribution >= 4 is 11.9 Å². The fraction of sp³-hybridized carbons (Fsp3) is 0.857. The molecular weight excluding hydrogens is 262 g/mol. The first-order valence-electron chi connectivity index (χ1n) is 7.04. The number of rotatable bonds is 7. The minimum atomic E-state index is -1.42. The zero-order valence-electron chi connectivity index (χ0n) is 12.5. The summed E-state index contributed by atoms with van der Waals surface area (Å²) in [7, 11) is 1.40. The van der Waals surface area contributed by atoms with E-state index in [0.717, 1.165) is 19.3 Å². The number of carbonyl (C=O) groups excluding carboxylic acids is 1. The van der Waals surface area contributed by atoms with Crippen LogP contribution in [0.3, 0.4) is 0 Å². The lowest BCUT2D eigenvalue weighted by Crippen LogP contribution is -2.56. The number of carbonyl (C=O) groups is 2. The van der Waals surface area contributed by atoms with E-state index in [2.05, 4.69) is 12.2 Å². The summed E-state index contributed by atoms with van der Waals surface area (Å²) < 4.78 is 10.5. The van der Waals surface area contributed by atoms with Crippen LogP contribution >= 0.6 is 0 Å². The van der Waals surface area contributed by atoms with Gasteiger partial charge in [-0.25, -0.2) is 4.79 Å². The Morgan fingerprint density at radius 2 is 2.00 bits per heavy atom. The lowest BCUT2D eigenvalue weighted by atomic mass is 9.88. The average molecular weight is 287 g/mol. The van der Waals surface area contributed by atoms with Crippen LogP contribution in [0.2, 0.25) is 0 Å². The van der Waals surface area contributed by atoms with Gasteiger partial charge in [0, 0.05) is 7.11 Å². The van der Waals surface area contributed by atoms with Crippen molar-refractivity contribution in [1.29, 1.82) is 0 Å². The normalized spacial score (nSPS) is 25.8. The highest BCUT2D eigenvalue weighted by Crippen LogP contribution is 2.26. The summed E-state index contributed by atoms with van der Waals surface area (Å²) in [4.78, 5) is 23.0. The quantitative estimate of drug-likeness (QED) is 0.734. The third-order valence-electron chi connectivity index (χ3n) is 3.78. The summed E-state index contributed by atoms with van der Waals surface area (Å²) in [6.45, 7) is 3.34. The predicted molar refractivity (Wildman–Crippen MR) is 73.4 cm³/mol. The molecule has 6 nitrogen and oxygen atoms in total. The van der Waals surface area contributed by atoms with Crippen LogP contribution in [0.5, 0.6) is 0 Å². The summed E-state index contributed by atoms with van der Waals surface area (Å²) in [6, 6.07) is 0. The second-order valence-corrected chi connectivity index (χ2v) is 5.73. The van der Waals surface area contributed by atoms with Crippen LogP contribution in [0.1, 0.15) is 39.5 Å². The van der Waals surface area contributed by atoms with Gasteiger partial charge in [0.25, 0.3) is 0 Å². The van der Waals surface area contributed by atoms with E-state index < -0.39 is 17.4 Å². The summed E-state index contributed by atoms with van der Waals surface area (Å²) in [5, 5.41) is 11.6. The Bertz CT molecular complexity index is 346. The van der Waals surface area contributed by atoms with Crippen molar-refractivity contribution in [3.8, 4) is 0 Å². The Morgan fingerprint density at radius 1 is 1.35 bits per heavy atom. The van der Waals surface area contributed by atoms with E-state index in [1.807, 2.05) is 0 Å². The number of amides is 1. The Hall–Kier alpha value is -1.14. The summed E-state index contributed by atoms with van der Waals surface area (Å²) >= 11 is 0. The number of aliphatic carboxylic acids is 1. The molecule has 1 rings (SSSR count). The monoisotopic (exact) mass is 287 g/mol. The van der Waals surface area contributed by atoms with Gasteiger partial charge in [-0.3, -0.25) is 4.79 Å². The van der Waals surface area contributed by atoms with Gasteiger partial charge in [-0.2, -0.15) is 0 Å². The molecule has 0 radical (unpaired) electrons. The average Bonchev–Trinajstić information content (AvgIpc) is 2.38. The van der Waals surface area contributed by atoms with Gasteiger partial charge in [0.15, 0.2) is 5.54 Å². The van der Waals surface area contributed by atoms with Crippen molar-refractivity contribution in [2.75, 3.05) is 20.3 Å². The lowest BCUT2D eigenvalue weighted by molar-refractivity contribution is -0.150. The number of methoxy groups -OCH3 is 1. The maximum Gasteiger partial charge on any atom is 0.331 e. The second-order valence-electron chi connectivity index (χ2n) is 5.73. The van der Waals surface area contributed by atoms with Crippen molar-refractivity contribution in [2.45, 2.75) is 51.2 Å². The molecule has 2 N–H and O–H groups in total. The molecule has 0 aromatic heterocycles. The van der Waals surface area contributed by atoms with E-state index in [4.69, 9.17) is 14.6 Å². The van der Waals surface area contributed by atoms with Crippen LogP contribution in [0.25, 0.3) is 0 Å². The molecule has 0 aliphatic heterocycles. The highest BCUT2D eigenvalue weighted by molar-refractivity contribution is 5.87. The number of ether oxygens (including phenoxy) is 2. The van der Waals surface area contributed by atoms with Crippen LogP contribution in [0.15, 0.2) is 0 Å². The van der Waals surface area contributed by atoms with E-state index in [9.17, 15) is 9.59 Å². The molecule has 20 heavy (non-hydrogen) atoms. The predicted octanol–water partition coefficient (Wildman–Crippen LogP) is 1.19. The molecule has 1 aliphatic carbocycles. The van der Waals surface area contributed by atoms with Gasteiger partial charge in [0.05, 0.1) is 12.7 Å². The number of hydrogen-bond acceptors (Lipinski definition) is 4. The van der Waals surface area contributed by atoms with Gasteiger partial charge in [-0.05, 0) is 25.7 Å². The molecule has 0 heterocycles. The molecular formula is C14H25NO5. The summed E-state index contributed by atoms with van der Waals surface area (Å²) in [6.07, 6.45) is 4.49. The Balaban J connectivity index is 2.43. The first-order valence-corrected chi connectivity index (χ1v) is 7.04. The van der Waals surface area contributed by atoms with Crippen LogP contribution in [0.4, 0.5) is 0 Å². The summed E-state index contributed by atoms with van der Waals surface area (Å²) in [5.41, 5.74) is -1.42. The molecule has 0 bridgehead atoms. The van der Waals surface area contributed by atoms with Gasteiger partial charge in [0.1, 0.15) is 6.61 Å². The minimum absolute atomic E-state index is 0.0894. The Morgan fingerprint density at radius 3 is 2.55 bits per heavy atom. The third kappa shape index (κ3) is 4.76. The van der Waals surface area contributed by atoms with Crippen molar-refractivity contribution in [3.05, 3.63) is 0 Å². The Kier molecular flexibility index (Phi) is 6.42. The molecule has 1 saturated carbocycles. The van der Waals surface area contributed by atoms with Crippen molar-refractivity contribution in [1.82, 2.24) is 5.32 Å². The number of carboxylic acid groups (broad SMARTS) is 1. The van der Waals surface area contributed by atoms with E-state index in [0.29, 0.717) is 5.92 Å². The lowest BCUT2D eigenvalue weighted by Gasteiger charge is -2.29. The summed E-state index contributed by atoms with van der Waals surface area (Å²) in [5.74, 6) is -1.11. The molecule has 1 fully saturated rings. The largest absolute Gasteiger partial charge is 0.479 e. The molecule has 0 aromatic rings. The number of hydrogen-bond donors (Lipinski definition) is 2. The van der Waals surface area contributed by atoms with E-state index in [1.54, 1.807) is 0 Å². The first kappa shape index (κ1) is 16.9. The van der Waals surface area contributed by atoms with Gasteiger partial charge in [-0.15, -0.1) is 0 Å². The minimum Gasteiger partial charge on any atom is -0.479 e. The SMILES string of the molecule is COCC(C)(NC(=O)COC1CCCCC1C)C(=O)O. The highest BCUT2D eigenvalue weighted by Gasteiger charge is 2.35. The molecule has 1 amide bonds. The van der Waals surface area contributed by atoms with E-state index >= 15 is 0 Å². The highest BCUT2D eigenvalue weighted by atomic mass is 16.5. The standard InChI is InChI=1S/C14H25NO5/c1-10-6-4-5-7-11(10)20-8-12(16)15-14(2,9-19-3)13(17)18/h10-11H,4-9H2,1-3H3,(H,15,16)(H,17,18). The van der Waals surface area contributed by atoms with Crippen LogP contribution < -0.4 is 5.32 Å². The van der Waals surface area contributed by atoms with Crippen molar-refractivity contribution in [2.24, 2.45) is 5.92 Å². The number of carboxylic acids is 1. The smallest absolute Gasteiger partial charge is 0.331 e. The van der Waals surface area contributed by atoms with Gasteiger partial charge in [-0.1, -0.05) is 19.8 Å². The van der Waals surface area contributed by atoms with E-state index in [-0.39, 0.29) is 19.3 Å². The molecule has 3 unspecified atom stereocenters. The second kappa shape index (κ2) is 7.59. The van der Waals surface area contributed by atoms with Gasteiger partial charge < -0.3 is 19.9 Å². The van der Waals surface area contributed by atoms with Gasteiger partial charge in [0.2, 0.25) is 5.91 Å². The molecule has 1 aliphatic rings. The zero-order chi connectivity index (χ0) is 15.2. The topological polar surface area (TPSA) is 84.9 Å². The molecule has 3 atom stereocenters. The molecule has 0 saturated heterocycles. The maximum atomic E-state index is 11.8. The number of nitrogens with one attached hydrogen (secondary N) is 1. The fourth-order valence-corrected chi connectivity index (χ4v) is 2.50. The third-order valence-corrected chi connectivity index (χ3v) is 3.78. The van der Waals surface area contributed by atoms with Crippen molar-refractivity contribution < 1.29 is 24.2 Å². The molecule has 116 valence electrons. The fourth-order valence-electron chi connectivity index (χ4n) is 2.50. The van der Waals surface area contributed by atoms with Crippen LogP contribution in [-0.2, 0) is 19.1 Å². The van der Waals surface area contributed by atoms with Crippen molar-refractivity contribution in [3.63, 3.8) is 0 Å². The van der Waals surface area contributed by atoms with Gasteiger partial charge >= 0.3 is 5.97 Å². The van der Waals surface area contributed by atoms with E-state index in [1.165, 1.54) is 20.5 Å². The Labute approximate surface area is 119 Å².